The number of quaternary nitrogens is 1. The van der Waals surface area contributed by atoms with Gasteiger partial charge in [0.05, 0.1) is 38.0 Å². The van der Waals surface area contributed by atoms with Crippen molar-refractivity contribution in [2.75, 3.05) is 31.9 Å². The third kappa shape index (κ3) is 3.25. The maximum absolute atomic E-state index is 11.8. The van der Waals surface area contributed by atoms with Gasteiger partial charge in [-0.3, -0.25) is 0 Å². The predicted molar refractivity (Wildman–Crippen MR) is 73.2 cm³/mol. The van der Waals surface area contributed by atoms with E-state index in [0.717, 1.165) is 38.1 Å². The molecule has 106 valence electrons. The van der Waals surface area contributed by atoms with E-state index in [2.05, 4.69) is 6.92 Å². The Balaban J connectivity index is 1.83. The molecule has 1 aliphatic heterocycles. The van der Waals surface area contributed by atoms with Crippen LogP contribution >= 0.6 is 0 Å². The molecule has 0 atom stereocenters. The van der Waals surface area contributed by atoms with Crippen LogP contribution in [0.5, 0.6) is 0 Å². The summed E-state index contributed by atoms with van der Waals surface area (Å²) in [5, 5.41) is 0. The lowest BCUT2D eigenvalue weighted by molar-refractivity contribution is -0.930. The number of nitrogens with zero attached hydrogens (tertiary/aromatic N) is 1. The van der Waals surface area contributed by atoms with Crippen LogP contribution in [0, 0.1) is 5.92 Å². The minimum Gasteiger partial charge on any atom is -0.330 e. The van der Waals surface area contributed by atoms with Crippen LogP contribution in [0.1, 0.15) is 39.5 Å². The van der Waals surface area contributed by atoms with Crippen LogP contribution in [0.4, 0.5) is 0 Å². The number of rotatable bonds is 3. The van der Waals surface area contributed by atoms with Crippen molar-refractivity contribution in [3.05, 3.63) is 0 Å². The summed E-state index contributed by atoms with van der Waals surface area (Å²) in [6.45, 7) is 7.51. The average Bonchev–Trinajstić information content (AvgIpc) is 2.40. The molecule has 1 heterocycles. The molecule has 0 amide bonds. The zero-order chi connectivity index (χ0) is 13.2. The zero-order valence-electron chi connectivity index (χ0n) is 11.7. The van der Waals surface area contributed by atoms with Crippen molar-refractivity contribution in [2.24, 2.45) is 5.92 Å². The van der Waals surface area contributed by atoms with Crippen LogP contribution < -0.4 is 4.90 Å². The largest absolute Gasteiger partial charge is 0.330 e. The van der Waals surface area contributed by atoms with Gasteiger partial charge in [-0.2, -0.15) is 4.31 Å². The van der Waals surface area contributed by atoms with E-state index in [1.807, 2.05) is 0 Å². The van der Waals surface area contributed by atoms with Crippen molar-refractivity contribution in [1.82, 2.24) is 4.31 Å². The number of hydrogen-bond acceptors (Lipinski definition) is 2. The van der Waals surface area contributed by atoms with E-state index in [9.17, 15) is 8.42 Å². The van der Waals surface area contributed by atoms with Gasteiger partial charge in [0.1, 0.15) is 0 Å². The first kappa shape index (κ1) is 14.3. The molecule has 1 N–H and O–H groups in total. The van der Waals surface area contributed by atoms with Crippen molar-refractivity contribution in [2.45, 2.75) is 45.6 Å². The van der Waals surface area contributed by atoms with Gasteiger partial charge in [-0.1, -0.05) is 6.92 Å². The summed E-state index contributed by atoms with van der Waals surface area (Å²) in [6, 6.07) is 0.785. The van der Waals surface area contributed by atoms with E-state index in [4.69, 9.17) is 0 Å². The summed E-state index contributed by atoms with van der Waals surface area (Å²) >= 11 is 0. The van der Waals surface area contributed by atoms with Crippen LogP contribution in [0.15, 0.2) is 0 Å². The summed E-state index contributed by atoms with van der Waals surface area (Å²) < 4.78 is 25.3. The molecule has 0 aromatic carbocycles. The first-order valence-corrected chi connectivity index (χ1v) is 8.96. The fourth-order valence-corrected chi connectivity index (χ4v) is 4.41. The molecule has 1 saturated carbocycles. The minimum absolute atomic E-state index is 0.239. The smallest absolute Gasteiger partial charge is 0.214 e. The molecule has 0 radical (unpaired) electrons. The monoisotopic (exact) mass is 275 g/mol. The van der Waals surface area contributed by atoms with Gasteiger partial charge in [0, 0.05) is 0 Å². The Kier molecular flexibility index (Phi) is 4.67. The molecule has 18 heavy (non-hydrogen) atoms. The second-order valence-corrected chi connectivity index (χ2v) is 8.17. The molecular formula is C13H27N2O2S+. The molecule has 0 bridgehead atoms. The van der Waals surface area contributed by atoms with E-state index in [0.29, 0.717) is 0 Å². The normalized spacial score (nSPS) is 32.6. The molecule has 1 aliphatic carbocycles. The molecule has 4 nitrogen and oxygen atoms in total. The summed E-state index contributed by atoms with van der Waals surface area (Å²) in [6.07, 6.45) is 5.37. The van der Waals surface area contributed by atoms with Crippen molar-refractivity contribution >= 4 is 10.0 Å². The molecule has 5 heteroatoms. The Hall–Kier alpha value is -0.130. The highest BCUT2D eigenvalue weighted by Gasteiger charge is 2.33. The third-order valence-corrected chi connectivity index (χ3v) is 6.60. The predicted octanol–water partition coefficient (Wildman–Crippen LogP) is 0.115. The van der Waals surface area contributed by atoms with E-state index >= 15 is 0 Å². The van der Waals surface area contributed by atoms with Gasteiger partial charge >= 0.3 is 0 Å². The van der Waals surface area contributed by atoms with Crippen LogP contribution in [-0.4, -0.2) is 50.7 Å². The van der Waals surface area contributed by atoms with Gasteiger partial charge < -0.3 is 4.90 Å². The molecule has 2 fully saturated rings. The SMILES string of the molecule is CCS(=O)(=O)N1CC[NH+](C2CCC(C)CC2)CC1. The quantitative estimate of drug-likeness (QED) is 0.795. The van der Waals surface area contributed by atoms with E-state index in [1.54, 1.807) is 16.1 Å². The second-order valence-electron chi connectivity index (χ2n) is 5.91. The van der Waals surface area contributed by atoms with Crippen molar-refractivity contribution < 1.29 is 13.3 Å². The third-order valence-electron chi connectivity index (χ3n) is 4.72. The summed E-state index contributed by atoms with van der Waals surface area (Å²) in [4.78, 5) is 1.64. The standard InChI is InChI=1S/C13H26N2O2S/c1-3-18(16,17)15-10-8-14(9-11-15)13-6-4-12(2)5-7-13/h12-13H,3-11H2,1-2H3/p+1. The van der Waals surface area contributed by atoms with Crippen LogP contribution in [-0.2, 0) is 10.0 Å². The molecule has 0 spiro atoms. The van der Waals surface area contributed by atoms with Gasteiger partial charge in [-0.05, 0) is 38.5 Å². The highest BCUT2D eigenvalue weighted by molar-refractivity contribution is 7.89. The molecular weight excluding hydrogens is 248 g/mol. The number of nitrogens with one attached hydrogen (secondary N) is 1. The zero-order valence-corrected chi connectivity index (χ0v) is 12.5. The molecule has 0 unspecified atom stereocenters. The summed E-state index contributed by atoms with van der Waals surface area (Å²) in [5.41, 5.74) is 0. The van der Waals surface area contributed by atoms with E-state index in [1.165, 1.54) is 25.7 Å². The van der Waals surface area contributed by atoms with Crippen molar-refractivity contribution in [1.29, 1.82) is 0 Å². The maximum atomic E-state index is 11.8. The number of piperazine rings is 1. The first-order valence-electron chi connectivity index (χ1n) is 7.35. The first-order chi connectivity index (χ1) is 8.53. The van der Waals surface area contributed by atoms with E-state index in [-0.39, 0.29) is 5.75 Å². The number of sulfonamides is 1. The second kappa shape index (κ2) is 5.88. The molecule has 0 aromatic rings. The topological polar surface area (TPSA) is 41.8 Å². The number of hydrogen-bond donors (Lipinski definition) is 1. The Bertz CT molecular complexity index is 353. The van der Waals surface area contributed by atoms with Gasteiger partial charge in [0.15, 0.2) is 0 Å². The molecule has 2 rings (SSSR count). The van der Waals surface area contributed by atoms with Crippen LogP contribution in [0.2, 0.25) is 0 Å². The van der Waals surface area contributed by atoms with E-state index < -0.39 is 10.0 Å². The highest BCUT2D eigenvalue weighted by atomic mass is 32.2. The van der Waals surface area contributed by atoms with Gasteiger partial charge in [-0.15, -0.1) is 0 Å². The Morgan fingerprint density at radius 2 is 1.67 bits per heavy atom. The molecule has 0 aromatic heterocycles. The van der Waals surface area contributed by atoms with Crippen LogP contribution in [0.3, 0.4) is 0 Å². The fourth-order valence-electron chi connectivity index (χ4n) is 3.31. The van der Waals surface area contributed by atoms with Crippen LogP contribution in [0.25, 0.3) is 0 Å². The lowest BCUT2D eigenvalue weighted by Crippen LogP contribution is -3.18. The minimum atomic E-state index is -2.96. The molecule has 2 aliphatic rings. The fraction of sp³-hybridized carbons (Fsp3) is 1.00. The lowest BCUT2D eigenvalue weighted by Gasteiger charge is -2.38. The summed E-state index contributed by atoms with van der Waals surface area (Å²) in [5.74, 6) is 1.13. The Labute approximate surface area is 111 Å². The Morgan fingerprint density at radius 1 is 1.11 bits per heavy atom. The van der Waals surface area contributed by atoms with Gasteiger partial charge in [0.25, 0.3) is 0 Å². The Morgan fingerprint density at radius 3 is 2.17 bits per heavy atom. The maximum Gasteiger partial charge on any atom is 0.214 e. The van der Waals surface area contributed by atoms with Gasteiger partial charge in [0.2, 0.25) is 10.0 Å². The van der Waals surface area contributed by atoms with Crippen molar-refractivity contribution in [3.8, 4) is 0 Å². The average molecular weight is 275 g/mol. The summed E-state index contributed by atoms with van der Waals surface area (Å²) in [7, 11) is -2.96. The van der Waals surface area contributed by atoms with Crippen molar-refractivity contribution in [3.63, 3.8) is 0 Å². The van der Waals surface area contributed by atoms with Gasteiger partial charge in [-0.25, -0.2) is 8.42 Å². The molecule has 1 saturated heterocycles. The highest BCUT2D eigenvalue weighted by Crippen LogP contribution is 2.22. The lowest BCUT2D eigenvalue weighted by atomic mass is 9.86.